The maximum Gasteiger partial charge on any atom is 0.244 e. The van der Waals surface area contributed by atoms with E-state index in [-0.39, 0.29) is 29.6 Å². The number of nitrogens with zero attached hydrogens (tertiary/aromatic N) is 2. The molecule has 4 rings (SSSR count). The van der Waals surface area contributed by atoms with Crippen LogP contribution in [-0.4, -0.2) is 50.0 Å². The highest BCUT2D eigenvalue weighted by molar-refractivity contribution is 7.89. The number of Topliss-reactive ketones (excluding diaryl/α,β-unsaturated/α-hetero) is 1. The monoisotopic (exact) mass is 469 g/mol. The number of hydrogen-bond donors (Lipinski definition) is 1. The zero-order valence-corrected chi connectivity index (χ0v) is 19.4. The molecule has 0 radical (unpaired) electrons. The zero-order valence-electron chi connectivity index (χ0n) is 18.5. The Balaban J connectivity index is 1.53. The van der Waals surface area contributed by atoms with Gasteiger partial charge in [-0.15, -0.1) is 0 Å². The molecule has 9 heteroatoms. The molecule has 2 aliphatic rings. The van der Waals surface area contributed by atoms with Gasteiger partial charge in [0.05, 0.1) is 4.90 Å². The molecule has 1 fully saturated rings. The van der Waals surface area contributed by atoms with Crippen molar-refractivity contribution in [2.24, 2.45) is 0 Å². The molecule has 0 saturated carbocycles. The topological polar surface area (TPSA) is 104 Å². The third kappa shape index (κ3) is 4.99. The van der Waals surface area contributed by atoms with Gasteiger partial charge in [-0.2, -0.15) is 4.31 Å². The van der Waals surface area contributed by atoms with Crippen molar-refractivity contribution in [1.29, 1.82) is 0 Å². The summed E-state index contributed by atoms with van der Waals surface area (Å²) in [4.78, 5) is 38.4. The molecule has 2 aromatic rings. The van der Waals surface area contributed by atoms with Gasteiger partial charge in [0.15, 0.2) is 5.78 Å². The summed E-state index contributed by atoms with van der Waals surface area (Å²) in [6, 6.07) is 11.4. The van der Waals surface area contributed by atoms with E-state index in [0.717, 1.165) is 24.8 Å². The number of piperidine rings is 1. The first-order valence-corrected chi connectivity index (χ1v) is 12.5. The molecule has 0 aromatic heterocycles. The van der Waals surface area contributed by atoms with Gasteiger partial charge in [0.1, 0.15) is 6.54 Å². The predicted molar refractivity (Wildman–Crippen MR) is 125 cm³/mol. The van der Waals surface area contributed by atoms with Gasteiger partial charge in [0.2, 0.25) is 21.8 Å². The van der Waals surface area contributed by atoms with Gasteiger partial charge in [0.25, 0.3) is 0 Å². The summed E-state index contributed by atoms with van der Waals surface area (Å²) >= 11 is 0. The van der Waals surface area contributed by atoms with Crippen LogP contribution in [0, 0.1) is 0 Å². The van der Waals surface area contributed by atoms with Crippen LogP contribution in [0.1, 0.15) is 48.5 Å². The molecule has 2 amide bonds. The van der Waals surface area contributed by atoms with Crippen molar-refractivity contribution in [3.8, 4) is 0 Å². The van der Waals surface area contributed by atoms with E-state index in [4.69, 9.17) is 0 Å². The highest BCUT2D eigenvalue weighted by atomic mass is 32.2. The SMILES string of the molecule is CC(=O)c1cccc(NC(=O)CN2C(=O)CCc3cc(S(=O)(=O)N4CCCCC4)ccc32)c1. The van der Waals surface area contributed by atoms with Crippen LogP contribution in [0.5, 0.6) is 0 Å². The second-order valence-corrected chi connectivity index (χ2v) is 10.4. The Bertz CT molecular complexity index is 1200. The maximum absolute atomic E-state index is 13.0. The van der Waals surface area contributed by atoms with E-state index in [0.29, 0.717) is 36.4 Å². The van der Waals surface area contributed by atoms with E-state index in [2.05, 4.69) is 5.32 Å². The summed E-state index contributed by atoms with van der Waals surface area (Å²) in [6.45, 7) is 2.29. The Morgan fingerprint density at radius 3 is 2.48 bits per heavy atom. The highest BCUT2D eigenvalue weighted by Gasteiger charge is 2.30. The zero-order chi connectivity index (χ0) is 23.6. The number of anilines is 2. The van der Waals surface area contributed by atoms with Gasteiger partial charge in [0, 0.05) is 36.4 Å². The van der Waals surface area contributed by atoms with Gasteiger partial charge in [-0.1, -0.05) is 18.6 Å². The minimum atomic E-state index is -3.58. The summed E-state index contributed by atoms with van der Waals surface area (Å²) in [5.74, 6) is -0.703. The molecule has 174 valence electrons. The standard InChI is InChI=1S/C24H27N3O5S/c1-17(28)18-6-5-7-20(14-18)25-23(29)16-27-22-10-9-21(15-19(22)8-11-24(27)30)33(31,32)26-12-3-2-4-13-26/h5-7,9-10,14-15H,2-4,8,11-13,16H2,1H3,(H,25,29). The second kappa shape index (κ2) is 9.44. The van der Waals surface area contributed by atoms with Crippen LogP contribution < -0.4 is 10.2 Å². The van der Waals surface area contributed by atoms with Crippen LogP contribution >= 0.6 is 0 Å². The van der Waals surface area contributed by atoms with Gasteiger partial charge < -0.3 is 10.2 Å². The number of aryl methyl sites for hydroxylation is 1. The highest BCUT2D eigenvalue weighted by Crippen LogP contribution is 2.31. The summed E-state index contributed by atoms with van der Waals surface area (Å²) in [5.41, 5.74) is 2.24. The molecule has 1 N–H and O–H groups in total. The van der Waals surface area contributed by atoms with E-state index in [1.54, 1.807) is 36.4 Å². The number of fused-ring (bicyclic) bond motifs is 1. The van der Waals surface area contributed by atoms with Crippen molar-refractivity contribution >= 4 is 39.0 Å². The Morgan fingerprint density at radius 2 is 1.76 bits per heavy atom. The number of amides is 2. The number of ketones is 1. The fourth-order valence-electron chi connectivity index (χ4n) is 4.28. The lowest BCUT2D eigenvalue weighted by Gasteiger charge is -2.30. The smallest absolute Gasteiger partial charge is 0.244 e. The lowest BCUT2D eigenvalue weighted by Crippen LogP contribution is -2.41. The molecule has 2 aromatic carbocycles. The Labute approximate surface area is 193 Å². The van der Waals surface area contributed by atoms with E-state index >= 15 is 0 Å². The van der Waals surface area contributed by atoms with Crippen LogP contribution in [0.3, 0.4) is 0 Å². The summed E-state index contributed by atoms with van der Waals surface area (Å²) in [5, 5.41) is 2.73. The number of nitrogens with one attached hydrogen (secondary N) is 1. The Morgan fingerprint density at radius 1 is 1.00 bits per heavy atom. The first kappa shape index (κ1) is 23.1. The quantitative estimate of drug-likeness (QED) is 0.655. The molecular weight excluding hydrogens is 442 g/mol. The van der Waals surface area contributed by atoms with Crippen molar-refractivity contribution in [2.75, 3.05) is 29.9 Å². The lowest BCUT2D eigenvalue weighted by atomic mass is 10.0. The van der Waals surface area contributed by atoms with Crippen molar-refractivity contribution in [2.45, 2.75) is 43.9 Å². The number of carbonyl (C=O) groups is 3. The maximum atomic E-state index is 13.0. The first-order chi connectivity index (χ1) is 15.8. The molecule has 0 bridgehead atoms. The number of carbonyl (C=O) groups excluding carboxylic acids is 3. The fraction of sp³-hybridized carbons (Fsp3) is 0.375. The van der Waals surface area contributed by atoms with Crippen molar-refractivity contribution in [1.82, 2.24) is 4.31 Å². The van der Waals surface area contributed by atoms with Crippen LogP contribution in [0.2, 0.25) is 0 Å². The molecule has 0 spiro atoms. The van der Waals surface area contributed by atoms with Crippen LogP contribution in [0.25, 0.3) is 0 Å². The Hall–Kier alpha value is -3.04. The minimum absolute atomic E-state index is 0.110. The third-order valence-electron chi connectivity index (χ3n) is 6.06. The van der Waals surface area contributed by atoms with Crippen molar-refractivity contribution < 1.29 is 22.8 Å². The third-order valence-corrected chi connectivity index (χ3v) is 7.95. The van der Waals surface area contributed by atoms with Crippen LogP contribution in [0.15, 0.2) is 47.4 Å². The summed E-state index contributed by atoms with van der Waals surface area (Å²) in [7, 11) is -3.58. The van der Waals surface area contributed by atoms with Crippen LogP contribution in [-0.2, 0) is 26.0 Å². The second-order valence-electron chi connectivity index (χ2n) is 8.42. The number of benzene rings is 2. The molecular formula is C24H27N3O5S. The summed E-state index contributed by atoms with van der Waals surface area (Å²) in [6.07, 6.45) is 3.38. The van der Waals surface area contributed by atoms with Gasteiger partial charge in [-0.05, 0) is 62.1 Å². The Kier molecular flexibility index (Phi) is 6.62. The average Bonchev–Trinajstić information content (AvgIpc) is 2.81. The van der Waals surface area contributed by atoms with Gasteiger partial charge >= 0.3 is 0 Å². The van der Waals surface area contributed by atoms with E-state index in [1.165, 1.54) is 22.2 Å². The van der Waals surface area contributed by atoms with Gasteiger partial charge in [-0.3, -0.25) is 14.4 Å². The molecule has 0 unspecified atom stereocenters. The van der Waals surface area contributed by atoms with E-state index < -0.39 is 15.9 Å². The molecule has 0 aliphatic carbocycles. The van der Waals surface area contributed by atoms with Gasteiger partial charge in [-0.25, -0.2) is 8.42 Å². The number of sulfonamides is 1. The van der Waals surface area contributed by atoms with Crippen LogP contribution in [0.4, 0.5) is 11.4 Å². The number of hydrogen-bond acceptors (Lipinski definition) is 5. The molecule has 2 aliphatic heterocycles. The van der Waals surface area contributed by atoms with Crippen molar-refractivity contribution in [3.63, 3.8) is 0 Å². The molecule has 1 saturated heterocycles. The molecule has 2 heterocycles. The summed E-state index contributed by atoms with van der Waals surface area (Å²) < 4.78 is 27.6. The molecule has 0 atom stereocenters. The molecule has 33 heavy (non-hydrogen) atoms. The molecule has 8 nitrogen and oxygen atoms in total. The van der Waals surface area contributed by atoms with E-state index in [1.807, 2.05) is 0 Å². The first-order valence-electron chi connectivity index (χ1n) is 11.1. The predicted octanol–water partition coefficient (Wildman–Crippen LogP) is 2.98. The number of rotatable bonds is 6. The lowest BCUT2D eigenvalue weighted by molar-refractivity contribution is -0.121. The normalized spacial score (nSPS) is 16.9. The van der Waals surface area contributed by atoms with Crippen molar-refractivity contribution in [3.05, 3.63) is 53.6 Å². The fourth-order valence-corrected chi connectivity index (χ4v) is 5.85. The average molecular weight is 470 g/mol. The van der Waals surface area contributed by atoms with E-state index in [9.17, 15) is 22.8 Å². The minimum Gasteiger partial charge on any atom is -0.325 e. The largest absolute Gasteiger partial charge is 0.325 e.